The summed E-state index contributed by atoms with van der Waals surface area (Å²) < 4.78 is 18.8. The molecule has 0 atom stereocenters. The standard InChI is InChI=1S/C28H29FN6O2/c1-35(2)26-23-5-3-4-6-24(23)33-28(34-26)32-21-11-9-20(10-12-21)31-27(36)18-15-16-30-25(17-18)37-22-13-7-19(29)8-14-22/h3-8,13-17,20-21H,9-12H2,1-2H3,(H,31,36)(H,32,33,34). The second-order valence-electron chi connectivity index (χ2n) is 9.39. The summed E-state index contributed by atoms with van der Waals surface area (Å²) in [6.07, 6.45) is 5.02. The number of aromatic nitrogens is 3. The highest BCUT2D eigenvalue weighted by molar-refractivity contribution is 5.94. The van der Waals surface area contributed by atoms with E-state index in [0.717, 1.165) is 42.4 Å². The van der Waals surface area contributed by atoms with Gasteiger partial charge in [0.05, 0.1) is 5.52 Å². The van der Waals surface area contributed by atoms with Crippen LogP contribution in [0.1, 0.15) is 36.0 Å². The van der Waals surface area contributed by atoms with Crippen LogP contribution in [0.25, 0.3) is 10.9 Å². The number of rotatable bonds is 7. The number of nitrogens with one attached hydrogen (secondary N) is 2. The van der Waals surface area contributed by atoms with Gasteiger partial charge in [-0.3, -0.25) is 4.79 Å². The van der Waals surface area contributed by atoms with Crippen LogP contribution in [0.3, 0.4) is 0 Å². The van der Waals surface area contributed by atoms with Gasteiger partial charge < -0.3 is 20.3 Å². The Bertz CT molecular complexity index is 1390. The first-order chi connectivity index (χ1) is 17.9. The molecule has 8 nitrogen and oxygen atoms in total. The van der Waals surface area contributed by atoms with E-state index in [9.17, 15) is 9.18 Å². The van der Waals surface area contributed by atoms with Crippen LogP contribution < -0.4 is 20.3 Å². The second kappa shape index (κ2) is 10.8. The summed E-state index contributed by atoms with van der Waals surface area (Å²) in [4.78, 5) is 28.5. The molecule has 0 radical (unpaired) electrons. The van der Waals surface area contributed by atoms with Crippen molar-refractivity contribution in [2.45, 2.75) is 37.8 Å². The minimum Gasteiger partial charge on any atom is -0.439 e. The van der Waals surface area contributed by atoms with Crippen molar-refractivity contribution in [3.05, 3.63) is 78.2 Å². The van der Waals surface area contributed by atoms with Crippen LogP contribution in [0.15, 0.2) is 66.9 Å². The fraction of sp³-hybridized carbons (Fsp3) is 0.286. The van der Waals surface area contributed by atoms with Crippen molar-refractivity contribution in [3.8, 4) is 11.6 Å². The third kappa shape index (κ3) is 5.94. The summed E-state index contributed by atoms with van der Waals surface area (Å²) in [5.41, 5.74) is 1.37. The van der Waals surface area contributed by atoms with E-state index in [2.05, 4.69) is 15.6 Å². The summed E-state index contributed by atoms with van der Waals surface area (Å²) in [6.45, 7) is 0. The number of benzene rings is 2. The molecule has 1 amide bonds. The zero-order valence-electron chi connectivity index (χ0n) is 20.8. The molecule has 2 aromatic heterocycles. The first-order valence-corrected chi connectivity index (χ1v) is 12.4. The van der Waals surface area contributed by atoms with Crippen LogP contribution in [-0.2, 0) is 0 Å². The number of hydrogen-bond donors (Lipinski definition) is 2. The number of amides is 1. The van der Waals surface area contributed by atoms with Gasteiger partial charge in [0.1, 0.15) is 17.4 Å². The molecule has 4 aromatic rings. The molecule has 0 bridgehead atoms. The van der Waals surface area contributed by atoms with Crippen LogP contribution >= 0.6 is 0 Å². The Morgan fingerprint density at radius 2 is 1.70 bits per heavy atom. The topological polar surface area (TPSA) is 92.3 Å². The number of hydrogen-bond acceptors (Lipinski definition) is 7. The summed E-state index contributed by atoms with van der Waals surface area (Å²) in [6, 6.07) is 17.2. The zero-order valence-corrected chi connectivity index (χ0v) is 20.8. The number of carbonyl (C=O) groups is 1. The number of anilines is 2. The lowest BCUT2D eigenvalue weighted by Gasteiger charge is -2.30. The van der Waals surface area contributed by atoms with Crippen LogP contribution in [0.4, 0.5) is 16.2 Å². The van der Waals surface area contributed by atoms with Gasteiger partial charge in [0, 0.05) is 49.4 Å². The van der Waals surface area contributed by atoms with Crippen molar-refractivity contribution < 1.29 is 13.9 Å². The molecule has 190 valence electrons. The van der Waals surface area contributed by atoms with E-state index in [1.165, 1.54) is 30.5 Å². The Labute approximate surface area is 214 Å². The van der Waals surface area contributed by atoms with Crippen molar-refractivity contribution >= 4 is 28.6 Å². The Kier molecular flexibility index (Phi) is 7.11. The van der Waals surface area contributed by atoms with E-state index >= 15 is 0 Å². The maximum atomic E-state index is 13.1. The number of pyridine rings is 1. The number of para-hydroxylation sites is 1. The Morgan fingerprint density at radius 1 is 0.973 bits per heavy atom. The van der Waals surface area contributed by atoms with Gasteiger partial charge in [0.15, 0.2) is 0 Å². The largest absolute Gasteiger partial charge is 0.439 e. The average Bonchev–Trinajstić information content (AvgIpc) is 2.91. The van der Waals surface area contributed by atoms with E-state index in [1.54, 1.807) is 12.1 Å². The third-order valence-electron chi connectivity index (χ3n) is 6.44. The predicted molar refractivity (Wildman–Crippen MR) is 142 cm³/mol. The molecular formula is C28H29FN6O2. The number of ether oxygens (including phenoxy) is 1. The molecule has 1 saturated carbocycles. The summed E-state index contributed by atoms with van der Waals surface area (Å²) >= 11 is 0. The minimum atomic E-state index is -0.346. The molecule has 0 saturated heterocycles. The lowest BCUT2D eigenvalue weighted by Crippen LogP contribution is -2.40. The highest BCUT2D eigenvalue weighted by Crippen LogP contribution is 2.27. The molecule has 2 heterocycles. The highest BCUT2D eigenvalue weighted by Gasteiger charge is 2.24. The van der Waals surface area contributed by atoms with E-state index in [4.69, 9.17) is 14.7 Å². The van der Waals surface area contributed by atoms with Crippen LogP contribution in [-0.4, -0.2) is 47.0 Å². The molecule has 0 aliphatic heterocycles. The monoisotopic (exact) mass is 500 g/mol. The fourth-order valence-corrected chi connectivity index (χ4v) is 4.53. The van der Waals surface area contributed by atoms with E-state index in [-0.39, 0.29) is 29.7 Å². The molecule has 2 N–H and O–H groups in total. The molecular weight excluding hydrogens is 471 g/mol. The third-order valence-corrected chi connectivity index (χ3v) is 6.44. The van der Waals surface area contributed by atoms with Crippen molar-refractivity contribution in [2.75, 3.05) is 24.3 Å². The number of carbonyl (C=O) groups excluding carboxylic acids is 1. The number of fused-ring (bicyclic) bond motifs is 1. The van der Waals surface area contributed by atoms with Gasteiger partial charge in [0.2, 0.25) is 11.8 Å². The molecule has 1 fully saturated rings. The predicted octanol–water partition coefficient (Wildman–Crippen LogP) is 5.18. The highest BCUT2D eigenvalue weighted by atomic mass is 19.1. The van der Waals surface area contributed by atoms with Crippen LogP contribution in [0.5, 0.6) is 11.6 Å². The van der Waals surface area contributed by atoms with Gasteiger partial charge >= 0.3 is 0 Å². The molecule has 9 heteroatoms. The second-order valence-corrected chi connectivity index (χ2v) is 9.39. The molecule has 2 aromatic carbocycles. The molecule has 5 rings (SSSR count). The van der Waals surface area contributed by atoms with Crippen LogP contribution in [0, 0.1) is 5.82 Å². The van der Waals surface area contributed by atoms with Gasteiger partial charge in [-0.15, -0.1) is 0 Å². The van der Waals surface area contributed by atoms with Gasteiger partial charge in [-0.1, -0.05) is 12.1 Å². The van der Waals surface area contributed by atoms with Crippen molar-refractivity contribution in [2.24, 2.45) is 0 Å². The van der Waals surface area contributed by atoms with Gasteiger partial charge in [0.25, 0.3) is 5.91 Å². The molecule has 1 aliphatic carbocycles. The van der Waals surface area contributed by atoms with E-state index in [0.29, 0.717) is 17.3 Å². The maximum absolute atomic E-state index is 13.1. The number of nitrogens with zero attached hydrogens (tertiary/aromatic N) is 4. The van der Waals surface area contributed by atoms with Crippen molar-refractivity contribution in [3.63, 3.8) is 0 Å². The molecule has 1 aliphatic rings. The summed E-state index contributed by atoms with van der Waals surface area (Å²) in [7, 11) is 3.96. The van der Waals surface area contributed by atoms with Crippen molar-refractivity contribution in [1.82, 2.24) is 20.3 Å². The van der Waals surface area contributed by atoms with Crippen molar-refractivity contribution in [1.29, 1.82) is 0 Å². The van der Waals surface area contributed by atoms with Gasteiger partial charge in [-0.25, -0.2) is 14.4 Å². The normalized spacial score (nSPS) is 17.3. The smallest absolute Gasteiger partial charge is 0.251 e. The van der Waals surface area contributed by atoms with E-state index in [1.807, 2.05) is 43.3 Å². The SMILES string of the molecule is CN(C)c1nc(NC2CCC(NC(=O)c3ccnc(Oc4ccc(F)cc4)c3)CC2)nc2ccccc12. The average molecular weight is 501 g/mol. The van der Waals surface area contributed by atoms with Gasteiger partial charge in [-0.2, -0.15) is 4.98 Å². The first kappa shape index (κ1) is 24.4. The summed E-state index contributed by atoms with van der Waals surface area (Å²) in [5.74, 6) is 1.72. The molecule has 37 heavy (non-hydrogen) atoms. The lowest BCUT2D eigenvalue weighted by atomic mass is 9.91. The van der Waals surface area contributed by atoms with Crippen LogP contribution in [0.2, 0.25) is 0 Å². The lowest BCUT2D eigenvalue weighted by molar-refractivity contribution is 0.0926. The van der Waals surface area contributed by atoms with Gasteiger partial charge in [-0.05, 0) is 68.1 Å². The number of halogens is 1. The maximum Gasteiger partial charge on any atom is 0.251 e. The minimum absolute atomic E-state index is 0.0787. The Hall–Kier alpha value is -4.27. The Morgan fingerprint density at radius 3 is 2.46 bits per heavy atom. The first-order valence-electron chi connectivity index (χ1n) is 12.4. The van der Waals surface area contributed by atoms with E-state index < -0.39 is 0 Å². The Balaban J connectivity index is 1.17. The molecule has 0 spiro atoms. The fourth-order valence-electron chi connectivity index (χ4n) is 4.53. The molecule has 0 unspecified atom stereocenters. The summed E-state index contributed by atoms with van der Waals surface area (Å²) in [5, 5.41) is 7.65. The zero-order chi connectivity index (χ0) is 25.8. The quantitative estimate of drug-likeness (QED) is 0.361.